The SMILES string of the molecule is Cc1nnsc1C(=O)Nc1cccc(C(=O)c2ccc3c(c2)NC(=O)C3C=Nc2ccc(N3CCN(C)CC3)cc2)c1. The van der Waals surface area contributed by atoms with Crippen LogP contribution in [0, 0.1) is 6.92 Å². The van der Waals surface area contributed by atoms with Crippen molar-refractivity contribution in [2.75, 3.05) is 48.8 Å². The zero-order valence-electron chi connectivity index (χ0n) is 23.2. The molecule has 0 saturated carbocycles. The van der Waals surface area contributed by atoms with Gasteiger partial charge in [-0.3, -0.25) is 19.4 Å². The lowest BCUT2D eigenvalue weighted by molar-refractivity contribution is -0.115. The van der Waals surface area contributed by atoms with Crippen LogP contribution in [-0.2, 0) is 4.79 Å². The summed E-state index contributed by atoms with van der Waals surface area (Å²) < 4.78 is 3.79. The number of anilines is 3. The summed E-state index contributed by atoms with van der Waals surface area (Å²) in [5.74, 6) is -1.29. The fraction of sp³-hybridized carbons (Fsp3) is 0.226. The number of nitrogens with zero attached hydrogens (tertiary/aromatic N) is 5. The standard InChI is InChI=1S/C31H29N7O3S/c1-19-29(42-36-35-19)31(41)33-23-5-3-4-20(16-23)28(39)21-6-11-25-26(30(40)34-27(25)17-21)18-32-22-7-9-24(10-8-22)38-14-12-37(2)13-15-38/h3-11,16-18,26H,12-15H2,1-2H3,(H,33,41)(H,34,40). The number of carbonyl (C=O) groups is 3. The molecule has 10 nitrogen and oxygen atoms in total. The molecule has 1 unspecified atom stereocenters. The van der Waals surface area contributed by atoms with Gasteiger partial charge in [-0.1, -0.05) is 28.8 Å². The zero-order valence-corrected chi connectivity index (χ0v) is 24.0. The molecule has 1 aromatic heterocycles. The minimum atomic E-state index is -0.551. The van der Waals surface area contributed by atoms with E-state index in [-0.39, 0.29) is 17.6 Å². The number of nitrogens with one attached hydrogen (secondary N) is 2. The van der Waals surface area contributed by atoms with E-state index >= 15 is 0 Å². The van der Waals surface area contributed by atoms with Gasteiger partial charge in [0, 0.05) is 60.6 Å². The molecule has 2 aliphatic rings. The van der Waals surface area contributed by atoms with Crippen molar-refractivity contribution in [2.45, 2.75) is 12.8 Å². The molecular weight excluding hydrogens is 550 g/mol. The van der Waals surface area contributed by atoms with E-state index in [1.165, 1.54) is 5.69 Å². The number of rotatable bonds is 7. The maximum Gasteiger partial charge on any atom is 0.269 e. The summed E-state index contributed by atoms with van der Waals surface area (Å²) in [6.07, 6.45) is 1.65. The van der Waals surface area contributed by atoms with Crippen molar-refractivity contribution in [1.29, 1.82) is 0 Å². The van der Waals surface area contributed by atoms with Gasteiger partial charge in [0.05, 0.1) is 11.4 Å². The normalized spacial score (nSPS) is 16.9. The Morgan fingerprint density at radius 3 is 2.52 bits per heavy atom. The number of hydrogen-bond acceptors (Lipinski definition) is 9. The lowest BCUT2D eigenvalue weighted by Gasteiger charge is -2.34. The lowest BCUT2D eigenvalue weighted by Crippen LogP contribution is -2.44. The van der Waals surface area contributed by atoms with E-state index in [2.05, 4.69) is 54.2 Å². The lowest BCUT2D eigenvalue weighted by atomic mass is 9.97. The minimum absolute atomic E-state index is 0.190. The van der Waals surface area contributed by atoms with E-state index in [0.29, 0.717) is 33.1 Å². The number of aliphatic imine (C=N–C) groups is 1. The highest BCUT2D eigenvalue weighted by molar-refractivity contribution is 7.08. The first-order valence-electron chi connectivity index (χ1n) is 13.6. The van der Waals surface area contributed by atoms with Crippen LogP contribution in [0.3, 0.4) is 0 Å². The second-order valence-corrected chi connectivity index (χ2v) is 11.2. The first kappa shape index (κ1) is 27.4. The van der Waals surface area contributed by atoms with Crippen molar-refractivity contribution in [3.63, 3.8) is 0 Å². The summed E-state index contributed by atoms with van der Waals surface area (Å²) >= 11 is 1.02. The van der Waals surface area contributed by atoms with Gasteiger partial charge in [-0.25, -0.2) is 0 Å². The van der Waals surface area contributed by atoms with E-state index in [9.17, 15) is 14.4 Å². The number of amides is 2. The van der Waals surface area contributed by atoms with Crippen molar-refractivity contribution in [2.24, 2.45) is 4.99 Å². The average Bonchev–Trinajstić information content (AvgIpc) is 3.57. The fourth-order valence-corrected chi connectivity index (χ4v) is 5.64. The monoisotopic (exact) mass is 579 g/mol. The number of fused-ring (bicyclic) bond motifs is 1. The summed E-state index contributed by atoms with van der Waals surface area (Å²) in [6, 6.07) is 20.0. The second-order valence-electron chi connectivity index (χ2n) is 10.4. The van der Waals surface area contributed by atoms with Crippen LogP contribution in [-0.4, -0.2) is 71.5 Å². The van der Waals surface area contributed by atoms with E-state index in [0.717, 1.165) is 49.0 Å². The Labute approximate surface area is 247 Å². The van der Waals surface area contributed by atoms with Gasteiger partial charge in [0.25, 0.3) is 5.91 Å². The first-order chi connectivity index (χ1) is 20.4. The van der Waals surface area contributed by atoms with Gasteiger partial charge in [0.2, 0.25) is 5.91 Å². The van der Waals surface area contributed by atoms with Crippen LogP contribution < -0.4 is 15.5 Å². The molecule has 1 atom stereocenters. The largest absolute Gasteiger partial charge is 0.369 e. The minimum Gasteiger partial charge on any atom is -0.369 e. The topological polar surface area (TPSA) is 120 Å². The predicted molar refractivity (Wildman–Crippen MR) is 165 cm³/mol. The first-order valence-corrected chi connectivity index (χ1v) is 14.4. The molecule has 2 amide bonds. The van der Waals surface area contributed by atoms with Gasteiger partial charge in [0.1, 0.15) is 10.8 Å². The Morgan fingerprint density at radius 2 is 1.79 bits per heavy atom. The molecule has 3 heterocycles. The zero-order chi connectivity index (χ0) is 29.2. The highest BCUT2D eigenvalue weighted by Crippen LogP contribution is 2.33. The molecule has 1 fully saturated rings. The molecular formula is C31H29N7O3S. The van der Waals surface area contributed by atoms with E-state index in [1.807, 2.05) is 12.1 Å². The quantitative estimate of drug-likeness (QED) is 0.244. The molecule has 42 heavy (non-hydrogen) atoms. The molecule has 6 rings (SSSR count). The molecule has 2 N–H and O–H groups in total. The fourth-order valence-electron chi connectivity index (χ4n) is 5.08. The van der Waals surface area contributed by atoms with Gasteiger partial charge in [-0.2, -0.15) is 0 Å². The summed E-state index contributed by atoms with van der Waals surface area (Å²) in [5, 5.41) is 9.55. The molecule has 11 heteroatoms. The molecule has 4 aromatic rings. The van der Waals surface area contributed by atoms with Crippen LogP contribution in [0.1, 0.15) is 42.8 Å². The molecule has 0 radical (unpaired) electrons. The molecule has 212 valence electrons. The van der Waals surface area contributed by atoms with Gasteiger partial charge in [-0.15, -0.1) is 5.10 Å². The van der Waals surface area contributed by atoms with Crippen molar-refractivity contribution in [1.82, 2.24) is 14.5 Å². The number of likely N-dealkylation sites (N-methyl/N-ethyl adjacent to an activating group) is 1. The summed E-state index contributed by atoms with van der Waals surface area (Å²) in [4.78, 5) is 48.4. The highest BCUT2D eigenvalue weighted by atomic mass is 32.1. The predicted octanol–water partition coefficient (Wildman–Crippen LogP) is 4.52. The van der Waals surface area contributed by atoms with Crippen LogP contribution in [0.5, 0.6) is 0 Å². The summed E-state index contributed by atoms with van der Waals surface area (Å²) in [7, 11) is 2.14. The van der Waals surface area contributed by atoms with Gasteiger partial charge in [0.15, 0.2) is 5.78 Å². The van der Waals surface area contributed by atoms with Crippen LogP contribution >= 0.6 is 11.5 Å². The third-order valence-corrected chi connectivity index (χ3v) is 8.35. The van der Waals surface area contributed by atoms with Crippen LogP contribution in [0.25, 0.3) is 0 Å². The van der Waals surface area contributed by atoms with Crippen molar-refractivity contribution < 1.29 is 14.4 Å². The Bertz CT molecular complexity index is 1690. The maximum absolute atomic E-state index is 13.3. The Morgan fingerprint density at radius 1 is 1.02 bits per heavy atom. The van der Waals surface area contributed by atoms with Gasteiger partial charge < -0.3 is 20.4 Å². The number of piperazine rings is 1. The molecule has 1 saturated heterocycles. The van der Waals surface area contributed by atoms with E-state index in [1.54, 1.807) is 55.6 Å². The second kappa shape index (κ2) is 11.6. The summed E-state index contributed by atoms with van der Waals surface area (Å²) in [6.45, 7) is 5.79. The van der Waals surface area contributed by atoms with E-state index < -0.39 is 5.92 Å². The van der Waals surface area contributed by atoms with Crippen molar-refractivity contribution in [3.8, 4) is 0 Å². The number of benzene rings is 3. The van der Waals surface area contributed by atoms with Gasteiger partial charge >= 0.3 is 0 Å². The van der Waals surface area contributed by atoms with Gasteiger partial charge in [-0.05, 0) is 73.5 Å². The molecule has 0 spiro atoms. The highest BCUT2D eigenvalue weighted by Gasteiger charge is 2.30. The Kier molecular flexibility index (Phi) is 7.60. The third kappa shape index (κ3) is 5.69. The smallest absolute Gasteiger partial charge is 0.269 e. The molecule has 3 aromatic carbocycles. The summed E-state index contributed by atoms with van der Waals surface area (Å²) in [5.41, 5.74) is 5.17. The van der Waals surface area contributed by atoms with E-state index in [4.69, 9.17) is 0 Å². The van der Waals surface area contributed by atoms with Crippen LogP contribution in [0.2, 0.25) is 0 Å². The number of aromatic nitrogens is 2. The van der Waals surface area contributed by atoms with Crippen molar-refractivity contribution in [3.05, 3.63) is 94.0 Å². The molecule has 0 aliphatic carbocycles. The number of hydrogen-bond donors (Lipinski definition) is 2. The number of aryl methyl sites for hydroxylation is 1. The number of ketones is 1. The number of carbonyl (C=O) groups excluding carboxylic acids is 3. The molecule has 0 bridgehead atoms. The average molecular weight is 580 g/mol. The van der Waals surface area contributed by atoms with Crippen LogP contribution in [0.15, 0.2) is 71.7 Å². The van der Waals surface area contributed by atoms with Crippen LogP contribution in [0.4, 0.5) is 22.7 Å². The Balaban J connectivity index is 1.14. The van der Waals surface area contributed by atoms with Crippen molar-refractivity contribution >= 4 is 58.1 Å². The Hall–Kier alpha value is -4.74. The molecule has 2 aliphatic heterocycles. The third-order valence-electron chi connectivity index (χ3n) is 7.52. The maximum atomic E-state index is 13.3.